The molecule has 0 radical (unpaired) electrons. The topological polar surface area (TPSA) is 32.3 Å². The lowest BCUT2D eigenvalue weighted by Gasteiger charge is -2.36. The zero-order valence-electron chi connectivity index (χ0n) is 11.7. The lowest BCUT2D eigenvalue weighted by atomic mass is 9.87. The molecule has 1 aliphatic heterocycles. The largest absolute Gasteiger partial charge is 0.342 e. The predicted octanol–water partition coefficient (Wildman–Crippen LogP) is 1.97. The van der Waals surface area contributed by atoms with E-state index in [1.807, 2.05) is 23.7 Å². The lowest BCUT2D eigenvalue weighted by Crippen LogP contribution is -2.47. The van der Waals surface area contributed by atoms with Crippen LogP contribution in [0.3, 0.4) is 0 Å². The first kappa shape index (κ1) is 14.8. The van der Waals surface area contributed by atoms with Gasteiger partial charge in [0.25, 0.3) is 0 Å². The molecule has 0 spiro atoms. The number of amides is 1. The Morgan fingerprint density at radius 2 is 2.18 bits per heavy atom. The molecule has 1 aliphatic rings. The second-order valence-electron chi connectivity index (χ2n) is 5.98. The van der Waals surface area contributed by atoms with E-state index in [-0.39, 0.29) is 17.4 Å². The van der Waals surface area contributed by atoms with Crippen molar-refractivity contribution in [1.29, 1.82) is 0 Å². The monoisotopic (exact) mass is 258 g/mol. The van der Waals surface area contributed by atoms with Crippen molar-refractivity contribution in [2.24, 2.45) is 5.41 Å². The molecule has 2 unspecified atom stereocenters. The maximum Gasteiger partial charge on any atom is 0.224 e. The summed E-state index contributed by atoms with van der Waals surface area (Å²) in [4.78, 5) is 14.1. The molecule has 0 aromatic carbocycles. The van der Waals surface area contributed by atoms with Crippen molar-refractivity contribution < 1.29 is 4.79 Å². The molecule has 0 aromatic heterocycles. The van der Waals surface area contributed by atoms with E-state index in [1.165, 1.54) is 5.75 Å². The van der Waals surface area contributed by atoms with Crippen LogP contribution in [0, 0.1) is 5.41 Å². The highest BCUT2D eigenvalue weighted by molar-refractivity contribution is 7.99. The summed E-state index contributed by atoms with van der Waals surface area (Å²) in [7, 11) is 1.92. The second kappa shape index (κ2) is 6.10. The Balaban J connectivity index is 2.46. The van der Waals surface area contributed by atoms with Crippen molar-refractivity contribution in [3.8, 4) is 0 Å². The first-order valence-corrected chi connectivity index (χ1v) is 7.54. The SMILES string of the molecule is CC(N(C)C(=O)CC1CSCCN1)C(C)(C)C. The normalized spacial score (nSPS) is 23.2. The Bertz CT molecular complexity index is 257. The number of carbonyl (C=O) groups is 1. The van der Waals surface area contributed by atoms with Crippen LogP contribution in [0.2, 0.25) is 0 Å². The van der Waals surface area contributed by atoms with Crippen molar-refractivity contribution in [1.82, 2.24) is 10.2 Å². The number of carbonyl (C=O) groups excluding carboxylic acids is 1. The molecule has 1 heterocycles. The summed E-state index contributed by atoms with van der Waals surface area (Å²) in [6.45, 7) is 9.69. The van der Waals surface area contributed by atoms with Gasteiger partial charge in [-0.05, 0) is 12.3 Å². The first-order valence-electron chi connectivity index (χ1n) is 6.39. The van der Waals surface area contributed by atoms with Crippen LogP contribution in [-0.4, -0.2) is 48.0 Å². The molecule has 4 heteroatoms. The molecule has 1 rings (SSSR count). The van der Waals surface area contributed by atoms with Crippen LogP contribution < -0.4 is 5.32 Å². The highest BCUT2D eigenvalue weighted by atomic mass is 32.2. The van der Waals surface area contributed by atoms with Crippen molar-refractivity contribution >= 4 is 17.7 Å². The summed E-state index contributed by atoms with van der Waals surface area (Å²) >= 11 is 1.94. The van der Waals surface area contributed by atoms with Crippen molar-refractivity contribution in [2.75, 3.05) is 25.1 Å². The minimum absolute atomic E-state index is 0.138. The molecular weight excluding hydrogens is 232 g/mol. The molecule has 1 saturated heterocycles. The van der Waals surface area contributed by atoms with Crippen LogP contribution in [0.4, 0.5) is 0 Å². The maximum atomic E-state index is 12.2. The standard InChI is InChI=1S/C13H26N2OS/c1-10(13(2,3)4)15(5)12(16)8-11-9-17-7-6-14-11/h10-11,14H,6-9H2,1-5H3. The Hall–Kier alpha value is -0.220. The quantitative estimate of drug-likeness (QED) is 0.840. The fourth-order valence-corrected chi connectivity index (χ4v) is 2.85. The Labute approximate surface area is 110 Å². The van der Waals surface area contributed by atoms with E-state index in [4.69, 9.17) is 0 Å². The van der Waals surface area contributed by atoms with Gasteiger partial charge in [0.2, 0.25) is 5.91 Å². The second-order valence-corrected chi connectivity index (χ2v) is 7.13. The molecule has 1 N–H and O–H groups in total. The van der Waals surface area contributed by atoms with Gasteiger partial charge in [-0.3, -0.25) is 4.79 Å². The highest BCUT2D eigenvalue weighted by Gasteiger charge is 2.28. The van der Waals surface area contributed by atoms with Crippen molar-refractivity contribution in [3.63, 3.8) is 0 Å². The summed E-state index contributed by atoms with van der Waals surface area (Å²) in [5.41, 5.74) is 0.138. The molecule has 2 atom stereocenters. The molecule has 0 saturated carbocycles. The Kier molecular flexibility index (Phi) is 5.32. The molecule has 1 fully saturated rings. The van der Waals surface area contributed by atoms with Crippen LogP contribution in [0.1, 0.15) is 34.1 Å². The third-order valence-electron chi connectivity index (χ3n) is 3.65. The third-order valence-corrected chi connectivity index (χ3v) is 4.78. The predicted molar refractivity (Wildman–Crippen MR) is 75.4 cm³/mol. The van der Waals surface area contributed by atoms with Crippen molar-refractivity contribution in [2.45, 2.75) is 46.2 Å². The van der Waals surface area contributed by atoms with E-state index in [9.17, 15) is 4.79 Å². The molecule has 3 nitrogen and oxygen atoms in total. The minimum atomic E-state index is 0.138. The van der Waals surface area contributed by atoms with E-state index in [1.54, 1.807) is 0 Å². The lowest BCUT2D eigenvalue weighted by molar-refractivity contribution is -0.134. The van der Waals surface area contributed by atoms with Gasteiger partial charge in [0.1, 0.15) is 0 Å². The van der Waals surface area contributed by atoms with Crippen LogP contribution in [-0.2, 0) is 4.79 Å². The highest BCUT2D eigenvalue weighted by Crippen LogP contribution is 2.23. The summed E-state index contributed by atoms with van der Waals surface area (Å²) in [6.07, 6.45) is 0.629. The van der Waals surface area contributed by atoms with Gasteiger partial charge >= 0.3 is 0 Å². The fraction of sp³-hybridized carbons (Fsp3) is 0.923. The Morgan fingerprint density at radius 3 is 2.65 bits per heavy atom. The number of rotatable bonds is 3. The summed E-state index contributed by atoms with van der Waals surface area (Å²) in [5.74, 6) is 2.48. The van der Waals surface area contributed by atoms with Crippen LogP contribution in [0.15, 0.2) is 0 Å². The van der Waals surface area contributed by atoms with Gasteiger partial charge in [0.15, 0.2) is 0 Å². The summed E-state index contributed by atoms with van der Waals surface area (Å²) in [6, 6.07) is 0.627. The average Bonchev–Trinajstić information content (AvgIpc) is 2.27. The zero-order chi connectivity index (χ0) is 13.1. The van der Waals surface area contributed by atoms with Gasteiger partial charge in [0.05, 0.1) is 0 Å². The molecule has 0 aliphatic carbocycles. The number of thioether (sulfide) groups is 1. The maximum absolute atomic E-state index is 12.2. The Morgan fingerprint density at radius 1 is 1.53 bits per heavy atom. The summed E-state index contributed by atoms with van der Waals surface area (Å²) in [5, 5.41) is 3.41. The zero-order valence-corrected chi connectivity index (χ0v) is 12.6. The minimum Gasteiger partial charge on any atom is -0.342 e. The molecule has 0 bridgehead atoms. The average molecular weight is 258 g/mol. The van der Waals surface area contributed by atoms with Gasteiger partial charge in [-0.2, -0.15) is 11.8 Å². The van der Waals surface area contributed by atoms with E-state index in [2.05, 4.69) is 33.0 Å². The van der Waals surface area contributed by atoms with E-state index >= 15 is 0 Å². The number of hydrogen-bond donors (Lipinski definition) is 1. The van der Waals surface area contributed by atoms with E-state index < -0.39 is 0 Å². The molecule has 17 heavy (non-hydrogen) atoms. The van der Waals surface area contributed by atoms with Gasteiger partial charge in [-0.15, -0.1) is 0 Å². The summed E-state index contributed by atoms with van der Waals surface area (Å²) < 4.78 is 0. The third kappa shape index (κ3) is 4.51. The fourth-order valence-electron chi connectivity index (χ4n) is 1.90. The van der Waals surface area contributed by atoms with Crippen LogP contribution in [0.5, 0.6) is 0 Å². The van der Waals surface area contributed by atoms with Gasteiger partial charge in [0, 0.05) is 43.6 Å². The molecule has 100 valence electrons. The number of nitrogens with one attached hydrogen (secondary N) is 1. The van der Waals surface area contributed by atoms with Gasteiger partial charge in [-0.25, -0.2) is 0 Å². The van der Waals surface area contributed by atoms with E-state index in [0.717, 1.165) is 12.3 Å². The van der Waals surface area contributed by atoms with Crippen LogP contribution >= 0.6 is 11.8 Å². The molecule has 1 amide bonds. The number of nitrogens with zero attached hydrogens (tertiary/aromatic N) is 1. The first-order chi connectivity index (χ1) is 7.82. The molecule has 0 aromatic rings. The van der Waals surface area contributed by atoms with Gasteiger partial charge in [-0.1, -0.05) is 20.8 Å². The van der Waals surface area contributed by atoms with E-state index in [0.29, 0.717) is 12.5 Å². The van der Waals surface area contributed by atoms with Gasteiger partial charge < -0.3 is 10.2 Å². The number of hydrogen-bond acceptors (Lipinski definition) is 3. The van der Waals surface area contributed by atoms with Crippen molar-refractivity contribution in [3.05, 3.63) is 0 Å². The van der Waals surface area contributed by atoms with Crippen LogP contribution in [0.25, 0.3) is 0 Å². The smallest absolute Gasteiger partial charge is 0.224 e. The molecular formula is C13H26N2OS.